The van der Waals surface area contributed by atoms with Crippen molar-refractivity contribution in [1.82, 2.24) is 5.32 Å². The number of nitrogens with one attached hydrogen (secondary N) is 1. The Labute approximate surface area is 132 Å². The van der Waals surface area contributed by atoms with Crippen molar-refractivity contribution in [3.8, 4) is 11.5 Å². The van der Waals surface area contributed by atoms with Crippen molar-refractivity contribution in [2.75, 3.05) is 19.8 Å². The third kappa shape index (κ3) is 4.37. The zero-order chi connectivity index (χ0) is 16.2. The molecule has 1 atom stereocenters. The Morgan fingerprint density at radius 2 is 2.00 bits per heavy atom. The maximum absolute atomic E-state index is 11.8. The Hall–Kier alpha value is -1.75. The lowest BCUT2D eigenvalue weighted by Gasteiger charge is -2.28. The van der Waals surface area contributed by atoms with Crippen molar-refractivity contribution < 1.29 is 14.3 Å². The molecule has 0 bridgehead atoms. The molecule has 1 amide bonds. The van der Waals surface area contributed by atoms with E-state index in [1.54, 1.807) is 0 Å². The Bertz CT molecular complexity index is 527. The number of carbonyl (C=O) groups is 1. The van der Waals surface area contributed by atoms with Crippen LogP contribution in [-0.2, 0) is 10.2 Å². The molecule has 0 saturated carbocycles. The molecule has 1 aliphatic rings. The molecule has 1 aromatic rings. The molecule has 2 rings (SSSR count). The fourth-order valence-electron chi connectivity index (χ4n) is 2.33. The van der Waals surface area contributed by atoms with Gasteiger partial charge in [-0.3, -0.25) is 4.79 Å². The molecule has 0 fully saturated rings. The van der Waals surface area contributed by atoms with E-state index in [1.165, 1.54) is 0 Å². The second kappa shape index (κ2) is 7.01. The van der Waals surface area contributed by atoms with Gasteiger partial charge in [0.05, 0.1) is 0 Å². The summed E-state index contributed by atoms with van der Waals surface area (Å²) < 4.78 is 11.2. The lowest BCUT2D eigenvalue weighted by atomic mass is 9.84. The molecule has 5 heteroatoms. The smallest absolute Gasteiger partial charge is 0.220 e. The van der Waals surface area contributed by atoms with Gasteiger partial charge < -0.3 is 20.5 Å². The van der Waals surface area contributed by atoms with Gasteiger partial charge in [0.2, 0.25) is 5.91 Å². The number of ether oxygens (including phenoxy) is 2. The third-order valence-corrected chi connectivity index (χ3v) is 3.88. The minimum atomic E-state index is -0.181. The summed E-state index contributed by atoms with van der Waals surface area (Å²) >= 11 is 0. The largest absolute Gasteiger partial charge is 0.486 e. The van der Waals surface area contributed by atoms with Gasteiger partial charge in [-0.25, -0.2) is 0 Å². The van der Waals surface area contributed by atoms with E-state index < -0.39 is 0 Å². The Kier molecular flexibility index (Phi) is 5.29. The highest BCUT2D eigenvalue weighted by atomic mass is 16.6. The van der Waals surface area contributed by atoms with Gasteiger partial charge in [0.15, 0.2) is 11.5 Å². The zero-order valence-electron chi connectivity index (χ0n) is 13.6. The third-order valence-electron chi connectivity index (χ3n) is 3.88. The first-order chi connectivity index (χ1) is 10.4. The summed E-state index contributed by atoms with van der Waals surface area (Å²) in [6, 6.07) is 6.02. The van der Waals surface area contributed by atoms with Gasteiger partial charge in [0.1, 0.15) is 13.2 Å². The van der Waals surface area contributed by atoms with E-state index in [0.29, 0.717) is 32.6 Å². The number of nitrogens with two attached hydrogens (primary N) is 1. The van der Waals surface area contributed by atoms with E-state index in [0.717, 1.165) is 17.1 Å². The molecular formula is C17H26N2O3. The van der Waals surface area contributed by atoms with Gasteiger partial charge in [-0.1, -0.05) is 19.9 Å². The second-order valence-electron chi connectivity index (χ2n) is 6.54. The molecule has 0 saturated heterocycles. The topological polar surface area (TPSA) is 73.6 Å². The molecule has 1 heterocycles. The predicted octanol–water partition coefficient (Wildman–Crippen LogP) is 1.98. The van der Waals surface area contributed by atoms with Gasteiger partial charge in [-0.2, -0.15) is 0 Å². The lowest BCUT2D eigenvalue weighted by molar-refractivity contribution is -0.121. The van der Waals surface area contributed by atoms with Crippen molar-refractivity contribution in [2.24, 2.45) is 5.73 Å². The average Bonchev–Trinajstić information content (AvgIpc) is 2.50. The summed E-state index contributed by atoms with van der Waals surface area (Å²) in [7, 11) is 0. The molecular weight excluding hydrogens is 280 g/mol. The quantitative estimate of drug-likeness (QED) is 0.843. The lowest BCUT2D eigenvalue weighted by Crippen LogP contribution is -2.37. The van der Waals surface area contributed by atoms with Gasteiger partial charge >= 0.3 is 0 Å². The van der Waals surface area contributed by atoms with Crippen molar-refractivity contribution in [3.63, 3.8) is 0 Å². The van der Waals surface area contributed by atoms with Gasteiger partial charge in [0, 0.05) is 24.4 Å². The van der Waals surface area contributed by atoms with Crippen LogP contribution in [0.4, 0.5) is 0 Å². The van der Waals surface area contributed by atoms with Crippen LogP contribution in [0.1, 0.15) is 39.2 Å². The van der Waals surface area contributed by atoms with Crippen LogP contribution in [0, 0.1) is 0 Å². The highest BCUT2D eigenvalue weighted by molar-refractivity contribution is 5.76. The number of benzene rings is 1. The van der Waals surface area contributed by atoms with E-state index in [-0.39, 0.29) is 17.4 Å². The van der Waals surface area contributed by atoms with Crippen LogP contribution in [0.5, 0.6) is 11.5 Å². The molecule has 0 spiro atoms. The van der Waals surface area contributed by atoms with E-state index in [2.05, 4.69) is 19.2 Å². The minimum Gasteiger partial charge on any atom is -0.486 e. The molecule has 3 N–H and O–H groups in total. The van der Waals surface area contributed by atoms with Crippen molar-refractivity contribution in [2.45, 2.75) is 45.1 Å². The first-order valence-corrected chi connectivity index (χ1v) is 7.81. The van der Waals surface area contributed by atoms with E-state index in [1.807, 2.05) is 25.1 Å². The van der Waals surface area contributed by atoms with Crippen LogP contribution in [0.3, 0.4) is 0 Å². The predicted molar refractivity (Wildman–Crippen MR) is 86.4 cm³/mol. The molecule has 1 aliphatic heterocycles. The maximum atomic E-state index is 11.8. The zero-order valence-corrected chi connectivity index (χ0v) is 13.6. The summed E-state index contributed by atoms with van der Waals surface area (Å²) in [5, 5.41) is 2.99. The van der Waals surface area contributed by atoms with Crippen molar-refractivity contribution in [1.29, 1.82) is 0 Å². The normalized spacial score (nSPS) is 15.3. The molecule has 22 heavy (non-hydrogen) atoms. The molecule has 1 aromatic carbocycles. The van der Waals surface area contributed by atoms with Gasteiger partial charge in [-0.15, -0.1) is 0 Å². The van der Waals surface area contributed by atoms with E-state index in [4.69, 9.17) is 15.2 Å². The monoisotopic (exact) mass is 306 g/mol. The SMILES string of the molecule is CC(N)CCC(=O)NCC(C)(C)c1ccc2c(c1)OCCO2. The second-order valence-corrected chi connectivity index (χ2v) is 6.54. The Morgan fingerprint density at radius 3 is 2.68 bits per heavy atom. The summed E-state index contributed by atoms with van der Waals surface area (Å²) in [4.78, 5) is 11.8. The summed E-state index contributed by atoms with van der Waals surface area (Å²) in [6.07, 6.45) is 1.17. The van der Waals surface area contributed by atoms with Crippen molar-refractivity contribution >= 4 is 5.91 Å². The molecule has 0 aliphatic carbocycles. The van der Waals surface area contributed by atoms with Gasteiger partial charge in [-0.05, 0) is 31.0 Å². The first-order valence-electron chi connectivity index (χ1n) is 7.81. The highest BCUT2D eigenvalue weighted by Crippen LogP contribution is 2.34. The average molecular weight is 306 g/mol. The summed E-state index contributed by atoms with van der Waals surface area (Å²) in [5.74, 6) is 1.61. The summed E-state index contributed by atoms with van der Waals surface area (Å²) in [6.45, 7) is 7.85. The number of fused-ring (bicyclic) bond motifs is 1. The fourth-order valence-corrected chi connectivity index (χ4v) is 2.33. The van der Waals surface area contributed by atoms with E-state index >= 15 is 0 Å². The molecule has 122 valence electrons. The minimum absolute atomic E-state index is 0.0444. The Balaban J connectivity index is 1.96. The van der Waals surface area contributed by atoms with Crippen LogP contribution < -0.4 is 20.5 Å². The van der Waals surface area contributed by atoms with Crippen LogP contribution in [-0.4, -0.2) is 31.7 Å². The number of carbonyl (C=O) groups excluding carboxylic acids is 1. The van der Waals surface area contributed by atoms with Crippen LogP contribution in [0.2, 0.25) is 0 Å². The number of hydrogen-bond donors (Lipinski definition) is 2. The Morgan fingerprint density at radius 1 is 1.32 bits per heavy atom. The van der Waals surface area contributed by atoms with Crippen molar-refractivity contribution in [3.05, 3.63) is 23.8 Å². The standard InChI is InChI=1S/C17H26N2O3/c1-12(18)4-7-16(20)19-11-17(2,3)13-5-6-14-15(10-13)22-9-8-21-14/h5-6,10,12H,4,7-9,11,18H2,1-3H3,(H,19,20). The molecule has 1 unspecified atom stereocenters. The fraction of sp³-hybridized carbons (Fsp3) is 0.588. The van der Waals surface area contributed by atoms with Crippen LogP contribution in [0.25, 0.3) is 0 Å². The number of hydrogen-bond acceptors (Lipinski definition) is 4. The molecule has 5 nitrogen and oxygen atoms in total. The number of rotatable bonds is 6. The number of amides is 1. The maximum Gasteiger partial charge on any atom is 0.220 e. The van der Waals surface area contributed by atoms with E-state index in [9.17, 15) is 4.79 Å². The molecule has 0 radical (unpaired) electrons. The highest BCUT2D eigenvalue weighted by Gasteiger charge is 2.24. The van der Waals surface area contributed by atoms with Crippen LogP contribution >= 0.6 is 0 Å². The summed E-state index contributed by atoms with van der Waals surface area (Å²) in [5.41, 5.74) is 6.61. The first kappa shape index (κ1) is 16.6. The van der Waals surface area contributed by atoms with Gasteiger partial charge in [0.25, 0.3) is 0 Å². The van der Waals surface area contributed by atoms with Crippen LogP contribution in [0.15, 0.2) is 18.2 Å². The molecule has 0 aromatic heterocycles.